The molecule has 0 saturated carbocycles. The van der Waals surface area contributed by atoms with Gasteiger partial charge in [-0.1, -0.05) is 11.6 Å². The molecule has 0 radical (unpaired) electrons. The van der Waals surface area contributed by atoms with E-state index in [0.29, 0.717) is 10.8 Å². The van der Waals surface area contributed by atoms with Gasteiger partial charge in [-0.15, -0.1) is 11.8 Å². The number of nitrogens with one attached hydrogen (secondary N) is 2. The van der Waals surface area contributed by atoms with Gasteiger partial charge >= 0.3 is 0 Å². The summed E-state index contributed by atoms with van der Waals surface area (Å²) >= 11 is 7.29. The lowest BCUT2D eigenvalue weighted by Crippen LogP contribution is -2.27. The van der Waals surface area contributed by atoms with Crippen LogP contribution in [0.25, 0.3) is 0 Å². The van der Waals surface area contributed by atoms with Crippen molar-refractivity contribution in [2.45, 2.75) is 17.9 Å². The van der Waals surface area contributed by atoms with Gasteiger partial charge in [0.1, 0.15) is 0 Å². The first kappa shape index (κ1) is 14.0. The Morgan fingerprint density at radius 2 is 2.21 bits per heavy atom. The molecule has 1 heterocycles. The number of carbonyl (C=O) groups excluding carboxylic acids is 1. The first-order chi connectivity index (χ1) is 9.15. The molecule has 1 aromatic heterocycles. The predicted molar refractivity (Wildman–Crippen MR) is 77.3 cm³/mol. The zero-order valence-corrected chi connectivity index (χ0v) is 12.0. The van der Waals surface area contributed by atoms with Crippen LogP contribution in [0.15, 0.2) is 41.6 Å². The molecular weight excluding hydrogens is 282 g/mol. The molecule has 1 amide bonds. The normalized spacial score (nSPS) is 12.1. The van der Waals surface area contributed by atoms with E-state index < -0.39 is 0 Å². The van der Waals surface area contributed by atoms with E-state index in [9.17, 15) is 4.79 Å². The average Bonchev–Trinajstić information content (AvgIpc) is 2.92. The molecule has 100 valence electrons. The van der Waals surface area contributed by atoms with Crippen LogP contribution in [0.5, 0.6) is 0 Å². The maximum Gasteiger partial charge on any atom is 0.230 e. The van der Waals surface area contributed by atoms with E-state index >= 15 is 0 Å². The van der Waals surface area contributed by atoms with Crippen molar-refractivity contribution in [3.8, 4) is 0 Å². The summed E-state index contributed by atoms with van der Waals surface area (Å²) in [5, 5.41) is 10.2. The maximum absolute atomic E-state index is 11.8. The lowest BCUT2D eigenvalue weighted by atomic mass is 10.2. The number of amides is 1. The van der Waals surface area contributed by atoms with Crippen LogP contribution in [0, 0.1) is 0 Å². The SMILES string of the molecule is CC(NC(=O)CSc1ccc(Cl)cc1)c1cn[nH]c1. The van der Waals surface area contributed by atoms with E-state index in [1.165, 1.54) is 11.8 Å². The van der Waals surface area contributed by atoms with Gasteiger partial charge in [-0.3, -0.25) is 9.89 Å². The third kappa shape index (κ3) is 4.29. The van der Waals surface area contributed by atoms with Crippen molar-refractivity contribution in [2.75, 3.05) is 5.75 Å². The molecule has 1 unspecified atom stereocenters. The molecule has 0 saturated heterocycles. The summed E-state index contributed by atoms with van der Waals surface area (Å²) in [4.78, 5) is 12.8. The van der Waals surface area contributed by atoms with E-state index in [-0.39, 0.29) is 11.9 Å². The quantitative estimate of drug-likeness (QED) is 0.834. The van der Waals surface area contributed by atoms with Crippen molar-refractivity contribution >= 4 is 29.3 Å². The van der Waals surface area contributed by atoms with E-state index in [2.05, 4.69) is 15.5 Å². The topological polar surface area (TPSA) is 57.8 Å². The molecule has 1 aromatic carbocycles. The highest BCUT2D eigenvalue weighted by Gasteiger charge is 2.10. The van der Waals surface area contributed by atoms with Gasteiger partial charge in [0.25, 0.3) is 0 Å². The molecule has 1 atom stereocenters. The van der Waals surface area contributed by atoms with Crippen molar-refractivity contribution in [1.29, 1.82) is 0 Å². The number of halogens is 1. The highest BCUT2D eigenvalue weighted by atomic mass is 35.5. The summed E-state index contributed by atoms with van der Waals surface area (Å²) in [5.74, 6) is 0.373. The molecule has 0 aliphatic heterocycles. The van der Waals surface area contributed by atoms with Gasteiger partial charge in [-0.25, -0.2) is 0 Å². The second kappa shape index (κ2) is 6.63. The molecule has 2 aromatic rings. The molecule has 0 aliphatic rings. The predicted octanol–water partition coefficient (Wildman–Crippen LogP) is 3.03. The van der Waals surface area contributed by atoms with Crippen LogP contribution in [0.3, 0.4) is 0 Å². The van der Waals surface area contributed by atoms with E-state index in [1.54, 1.807) is 12.4 Å². The first-order valence-corrected chi connectivity index (χ1v) is 7.18. The van der Waals surface area contributed by atoms with Crippen LogP contribution >= 0.6 is 23.4 Å². The third-order valence-corrected chi connectivity index (χ3v) is 3.84. The molecule has 2 N–H and O–H groups in total. The summed E-state index contributed by atoms with van der Waals surface area (Å²) in [6.45, 7) is 1.93. The number of aromatic amines is 1. The first-order valence-electron chi connectivity index (χ1n) is 5.81. The molecule has 0 spiro atoms. The molecule has 2 rings (SSSR count). The highest BCUT2D eigenvalue weighted by Crippen LogP contribution is 2.20. The average molecular weight is 296 g/mol. The minimum absolute atomic E-state index is 0.00588. The Labute approximate surface area is 120 Å². The lowest BCUT2D eigenvalue weighted by Gasteiger charge is -2.11. The third-order valence-electron chi connectivity index (χ3n) is 2.58. The number of H-pyrrole nitrogens is 1. The van der Waals surface area contributed by atoms with Crippen molar-refractivity contribution in [3.05, 3.63) is 47.2 Å². The maximum atomic E-state index is 11.8. The number of hydrogen-bond acceptors (Lipinski definition) is 3. The van der Waals surface area contributed by atoms with E-state index in [4.69, 9.17) is 11.6 Å². The zero-order chi connectivity index (χ0) is 13.7. The number of carbonyl (C=O) groups is 1. The minimum Gasteiger partial charge on any atom is -0.349 e. The Morgan fingerprint density at radius 1 is 1.47 bits per heavy atom. The van der Waals surface area contributed by atoms with Gasteiger partial charge in [0.2, 0.25) is 5.91 Å². The van der Waals surface area contributed by atoms with Crippen molar-refractivity contribution in [3.63, 3.8) is 0 Å². The second-order valence-electron chi connectivity index (χ2n) is 4.06. The summed E-state index contributed by atoms with van der Waals surface area (Å²) in [6, 6.07) is 7.39. The van der Waals surface area contributed by atoms with Crippen LogP contribution < -0.4 is 5.32 Å². The number of thioether (sulfide) groups is 1. The molecule has 0 fully saturated rings. The van der Waals surface area contributed by atoms with Gasteiger partial charge in [-0.05, 0) is 31.2 Å². The number of nitrogens with zero attached hydrogens (tertiary/aromatic N) is 1. The fraction of sp³-hybridized carbons (Fsp3) is 0.231. The van der Waals surface area contributed by atoms with Crippen molar-refractivity contribution < 1.29 is 4.79 Å². The minimum atomic E-state index is -0.0444. The molecule has 0 bridgehead atoms. The molecule has 4 nitrogen and oxygen atoms in total. The van der Waals surface area contributed by atoms with Gasteiger partial charge in [0.05, 0.1) is 18.0 Å². The van der Waals surface area contributed by atoms with Crippen molar-refractivity contribution in [2.24, 2.45) is 0 Å². The van der Waals surface area contributed by atoms with Crippen LogP contribution in [0.2, 0.25) is 5.02 Å². The number of benzene rings is 1. The number of hydrogen-bond donors (Lipinski definition) is 2. The summed E-state index contributed by atoms with van der Waals surface area (Å²) in [6.07, 6.45) is 3.48. The Hall–Kier alpha value is -1.46. The van der Waals surface area contributed by atoms with Crippen LogP contribution in [0.1, 0.15) is 18.5 Å². The van der Waals surface area contributed by atoms with Crippen LogP contribution in [-0.2, 0) is 4.79 Å². The highest BCUT2D eigenvalue weighted by molar-refractivity contribution is 8.00. The number of aromatic nitrogens is 2. The van der Waals surface area contributed by atoms with Crippen LogP contribution in [-0.4, -0.2) is 21.9 Å². The monoisotopic (exact) mass is 295 g/mol. The van der Waals surface area contributed by atoms with Crippen molar-refractivity contribution in [1.82, 2.24) is 15.5 Å². The molecule has 6 heteroatoms. The largest absolute Gasteiger partial charge is 0.349 e. The standard InChI is InChI=1S/C13H14ClN3OS/c1-9(10-6-15-16-7-10)17-13(18)8-19-12-4-2-11(14)3-5-12/h2-7,9H,8H2,1H3,(H,15,16)(H,17,18). The second-order valence-corrected chi connectivity index (χ2v) is 5.55. The fourth-order valence-corrected chi connectivity index (χ4v) is 2.38. The summed E-state index contributed by atoms with van der Waals surface area (Å²) in [5.41, 5.74) is 0.963. The Kier molecular flexibility index (Phi) is 4.87. The summed E-state index contributed by atoms with van der Waals surface area (Å²) < 4.78 is 0. The van der Waals surface area contributed by atoms with E-state index in [1.807, 2.05) is 31.2 Å². The van der Waals surface area contributed by atoms with Gasteiger partial charge in [-0.2, -0.15) is 5.10 Å². The smallest absolute Gasteiger partial charge is 0.230 e. The molecule has 0 aliphatic carbocycles. The fourth-order valence-electron chi connectivity index (χ4n) is 1.54. The Balaban J connectivity index is 1.80. The van der Waals surface area contributed by atoms with Gasteiger partial charge < -0.3 is 5.32 Å². The van der Waals surface area contributed by atoms with Gasteiger partial charge in [0.15, 0.2) is 0 Å². The number of rotatable bonds is 5. The lowest BCUT2D eigenvalue weighted by molar-refractivity contribution is -0.119. The van der Waals surface area contributed by atoms with Gasteiger partial charge in [0, 0.05) is 21.7 Å². The zero-order valence-electron chi connectivity index (χ0n) is 10.4. The molecular formula is C13H14ClN3OS. The summed E-state index contributed by atoms with van der Waals surface area (Å²) in [7, 11) is 0. The van der Waals surface area contributed by atoms with Crippen LogP contribution in [0.4, 0.5) is 0 Å². The Morgan fingerprint density at radius 3 is 2.84 bits per heavy atom. The van der Waals surface area contributed by atoms with E-state index in [0.717, 1.165) is 10.5 Å². The Bertz CT molecular complexity index is 527. The molecule has 19 heavy (non-hydrogen) atoms.